The van der Waals surface area contributed by atoms with Crippen LogP contribution >= 0.6 is 0 Å². The number of benzene rings is 1. The molecular weight excluding hydrogens is 226 g/mol. The molecule has 1 aromatic carbocycles. The van der Waals surface area contributed by atoms with E-state index >= 15 is 0 Å². The minimum atomic E-state index is -0.0538. The van der Waals surface area contributed by atoms with Gasteiger partial charge in [-0.3, -0.25) is 4.79 Å². The summed E-state index contributed by atoms with van der Waals surface area (Å²) in [6.07, 6.45) is 2.97. The maximum absolute atomic E-state index is 11.7. The molecule has 0 radical (unpaired) electrons. The lowest BCUT2D eigenvalue weighted by atomic mass is 10.1. The van der Waals surface area contributed by atoms with Crippen LogP contribution in [0.4, 0.5) is 0 Å². The Balaban J connectivity index is 2.42. The standard InChI is InChI=1S/C15H23NO2/c1-4-8-12(3)16-15(17)11-18-14-10-7-6-9-13(14)5-2/h6-7,9-10,12H,4-5,8,11H2,1-3H3,(H,16,17). The van der Waals surface area contributed by atoms with Crippen molar-refractivity contribution in [2.45, 2.75) is 46.1 Å². The number of para-hydroxylation sites is 1. The van der Waals surface area contributed by atoms with Crippen LogP contribution in [0.2, 0.25) is 0 Å². The third-order valence-electron chi connectivity index (χ3n) is 2.84. The molecule has 0 saturated carbocycles. The fourth-order valence-corrected chi connectivity index (χ4v) is 1.90. The van der Waals surface area contributed by atoms with Crippen LogP contribution in [0.15, 0.2) is 24.3 Å². The first-order valence-electron chi connectivity index (χ1n) is 6.67. The molecule has 1 N–H and O–H groups in total. The summed E-state index contributed by atoms with van der Waals surface area (Å²) >= 11 is 0. The molecule has 0 heterocycles. The van der Waals surface area contributed by atoms with E-state index < -0.39 is 0 Å². The highest BCUT2D eigenvalue weighted by atomic mass is 16.5. The Hall–Kier alpha value is -1.51. The Labute approximate surface area is 110 Å². The maximum Gasteiger partial charge on any atom is 0.258 e. The first-order chi connectivity index (χ1) is 8.67. The van der Waals surface area contributed by atoms with Gasteiger partial charge < -0.3 is 10.1 Å². The summed E-state index contributed by atoms with van der Waals surface area (Å²) in [6, 6.07) is 8.04. The molecule has 0 fully saturated rings. The quantitative estimate of drug-likeness (QED) is 0.807. The molecule has 1 amide bonds. The van der Waals surface area contributed by atoms with Crippen LogP contribution in [-0.4, -0.2) is 18.6 Å². The van der Waals surface area contributed by atoms with Gasteiger partial charge in [0.25, 0.3) is 5.91 Å². The van der Waals surface area contributed by atoms with E-state index in [1.54, 1.807) is 0 Å². The van der Waals surface area contributed by atoms with Crippen molar-refractivity contribution in [3.8, 4) is 5.75 Å². The highest BCUT2D eigenvalue weighted by Gasteiger charge is 2.08. The Bertz CT molecular complexity index is 377. The number of ether oxygens (including phenoxy) is 1. The maximum atomic E-state index is 11.7. The number of rotatable bonds is 7. The molecule has 0 bridgehead atoms. The third-order valence-corrected chi connectivity index (χ3v) is 2.84. The number of aryl methyl sites for hydroxylation is 1. The number of carbonyl (C=O) groups is 1. The minimum Gasteiger partial charge on any atom is -0.483 e. The highest BCUT2D eigenvalue weighted by molar-refractivity contribution is 5.77. The molecule has 18 heavy (non-hydrogen) atoms. The first-order valence-corrected chi connectivity index (χ1v) is 6.67. The summed E-state index contributed by atoms with van der Waals surface area (Å²) in [4.78, 5) is 11.7. The van der Waals surface area contributed by atoms with Crippen molar-refractivity contribution in [1.82, 2.24) is 5.32 Å². The normalized spacial score (nSPS) is 11.9. The molecule has 3 heteroatoms. The predicted molar refractivity (Wildman–Crippen MR) is 73.8 cm³/mol. The van der Waals surface area contributed by atoms with E-state index in [1.807, 2.05) is 31.2 Å². The second-order valence-corrected chi connectivity index (χ2v) is 4.51. The fourth-order valence-electron chi connectivity index (χ4n) is 1.90. The van der Waals surface area contributed by atoms with Crippen molar-refractivity contribution in [3.05, 3.63) is 29.8 Å². The molecule has 1 rings (SSSR count). The molecule has 1 unspecified atom stereocenters. The van der Waals surface area contributed by atoms with E-state index in [4.69, 9.17) is 4.74 Å². The Morgan fingerprint density at radius 2 is 2.06 bits per heavy atom. The zero-order valence-corrected chi connectivity index (χ0v) is 11.5. The van der Waals surface area contributed by atoms with Gasteiger partial charge in [-0.05, 0) is 31.4 Å². The lowest BCUT2D eigenvalue weighted by Crippen LogP contribution is -2.36. The van der Waals surface area contributed by atoms with E-state index in [9.17, 15) is 4.79 Å². The lowest BCUT2D eigenvalue weighted by Gasteiger charge is -2.14. The number of hydrogen-bond donors (Lipinski definition) is 1. The number of nitrogens with one attached hydrogen (secondary N) is 1. The van der Waals surface area contributed by atoms with Gasteiger partial charge in [-0.2, -0.15) is 0 Å². The van der Waals surface area contributed by atoms with E-state index in [-0.39, 0.29) is 18.6 Å². The summed E-state index contributed by atoms with van der Waals surface area (Å²) in [6.45, 7) is 6.29. The van der Waals surface area contributed by atoms with Crippen LogP contribution in [-0.2, 0) is 11.2 Å². The molecule has 3 nitrogen and oxygen atoms in total. The van der Waals surface area contributed by atoms with E-state index in [1.165, 1.54) is 0 Å². The minimum absolute atomic E-state index is 0.0538. The van der Waals surface area contributed by atoms with Gasteiger partial charge in [0.1, 0.15) is 5.75 Å². The van der Waals surface area contributed by atoms with Gasteiger partial charge in [0.15, 0.2) is 6.61 Å². The van der Waals surface area contributed by atoms with E-state index in [2.05, 4.69) is 19.2 Å². The largest absolute Gasteiger partial charge is 0.483 e. The van der Waals surface area contributed by atoms with Gasteiger partial charge >= 0.3 is 0 Å². The van der Waals surface area contributed by atoms with Crippen LogP contribution in [0.25, 0.3) is 0 Å². The monoisotopic (exact) mass is 249 g/mol. The van der Waals surface area contributed by atoms with Crippen molar-refractivity contribution >= 4 is 5.91 Å². The van der Waals surface area contributed by atoms with Crippen molar-refractivity contribution in [2.75, 3.05) is 6.61 Å². The summed E-state index contributed by atoms with van der Waals surface area (Å²) in [5.41, 5.74) is 1.13. The Morgan fingerprint density at radius 3 is 2.72 bits per heavy atom. The molecule has 100 valence electrons. The molecule has 0 aliphatic heterocycles. The molecule has 0 spiro atoms. The van der Waals surface area contributed by atoms with Gasteiger partial charge in [0.05, 0.1) is 0 Å². The average molecular weight is 249 g/mol. The number of carbonyl (C=O) groups excluding carboxylic acids is 1. The van der Waals surface area contributed by atoms with Crippen molar-refractivity contribution in [3.63, 3.8) is 0 Å². The van der Waals surface area contributed by atoms with Gasteiger partial charge in [-0.25, -0.2) is 0 Å². The lowest BCUT2D eigenvalue weighted by molar-refractivity contribution is -0.123. The van der Waals surface area contributed by atoms with Gasteiger partial charge in [-0.1, -0.05) is 38.5 Å². The molecule has 0 saturated heterocycles. The smallest absolute Gasteiger partial charge is 0.258 e. The van der Waals surface area contributed by atoms with Crippen LogP contribution in [0.3, 0.4) is 0 Å². The van der Waals surface area contributed by atoms with Crippen molar-refractivity contribution < 1.29 is 9.53 Å². The summed E-state index contributed by atoms with van der Waals surface area (Å²) in [7, 11) is 0. The van der Waals surface area contributed by atoms with Crippen molar-refractivity contribution in [1.29, 1.82) is 0 Å². The van der Waals surface area contributed by atoms with Crippen LogP contribution in [0.1, 0.15) is 39.2 Å². The molecule has 0 aromatic heterocycles. The zero-order chi connectivity index (χ0) is 13.4. The predicted octanol–water partition coefficient (Wildman–Crippen LogP) is 2.93. The SMILES string of the molecule is CCCC(C)NC(=O)COc1ccccc1CC. The third kappa shape index (κ3) is 4.78. The average Bonchev–Trinajstić information content (AvgIpc) is 2.37. The molecule has 1 atom stereocenters. The van der Waals surface area contributed by atoms with Crippen LogP contribution < -0.4 is 10.1 Å². The second-order valence-electron chi connectivity index (χ2n) is 4.51. The Kier molecular flexibility index (Phi) is 6.26. The van der Waals surface area contributed by atoms with Crippen molar-refractivity contribution in [2.24, 2.45) is 0 Å². The second kappa shape index (κ2) is 7.75. The number of amides is 1. The summed E-state index contributed by atoms with van der Waals surface area (Å²) < 4.78 is 5.56. The van der Waals surface area contributed by atoms with Crippen LogP contribution in [0.5, 0.6) is 5.75 Å². The summed E-state index contributed by atoms with van der Waals surface area (Å²) in [5.74, 6) is 0.750. The molecule has 0 aliphatic carbocycles. The molecular formula is C15H23NO2. The number of hydrogen-bond acceptors (Lipinski definition) is 2. The summed E-state index contributed by atoms with van der Waals surface area (Å²) in [5, 5.41) is 2.92. The van der Waals surface area contributed by atoms with Crippen LogP contribution in [0, 0.1) is 0 Å². The van der Waals surface area contributed by atoms with Gasteiger partial charge in [0, 0.05) is 6.04 Å². The topological polar surface area (TPSA) is 38.3 Å². The first kappa shape index (κ1) is 14.6. The zero-order valence-electron chi connectivity index (χ0n) is 11.5. The van der Waals surface area contributed by atoms with E-state index in [0.717, 1.165) is 30.6 Å². The molecule has 1 aromatic rings. The molecule has 0 aliphatic rings. The van der Waals surface area contributed by atoms with Gasteiger partial charge in [0.2, 0.25) is 0 Å². The van der Waals surface area contributed by atoms with Gasteiger partial charge in [-0.15, -0.1) is 0 Å². The Morgan fingerprint density at radius 1 is 1.33 bits per heavy atom. The highest BCUT2D eigenvalue weighted by Crippen LogP contribution is 2.17. The van der Waals surface area contributed by atoms with E-state index in [0.29, 0.717) is 0 Å². The fraction of sp³-hybridized carbons (Fsp3) is 0.533.